The minimum absolute atomic E-state index is 0.00383. The number of ether oxygens (including phenoxy) is 1. The van der Waals surface area contributed by atoms with Gasteiger partial charge in [-0.15, -0.1) is 6.58 Å². The molecule has 0 bridgehead atoms. The lowest BCUT2D eigenvalue weighted by Gasteiger charge is -2.37. The monoisotopic (exact) mass is 447 g/mol. The Kier molecular flexibility index (Phi) is 6.63. The highest BCUT2D eigenvalue weighted by atomic mass is 19.1. The summed E-state index contributed by atoms with van der Waals surface area (Å²) in [6.45, 7) is 5.94. The Bertz CT molecular complexity index is 1170. The first-order valence-corrected chi connectivity index (χ1v) is 10.8. The van der Waals surface area contributed by atoms with E-state index in [9.17, 15) is 9.18 Å². The number of rotatable bonds is 6. The third-order valence-electron chi connectivity index (χ3n) is 5.76. The van der Waals surface area contributed by atoms with Gasteiger partial charge in [-0.2, -0.15) is 0 Å². The SMILES string of the molecule is C=C[C@H]1CC[C@@H](c2nc(Nc3cccc(F)c3)cc(-c3cncc(OC)c3)n2)CN1C(C)=O. The van der Waals surface area contributed by atoms with E-state index in [1.54, 1.807) is 44.6 Å². The van der Waals surface area contributed by atoms with Crippen LogP contribution in [0.1, 0.15) is 31.5 Å². The maximum atomic E-state index is 13.7. The van der Waals surface area contributed by atoms with E-state index >= 15 is 0 Å². The second kappa shape index (κ2) is 9.77. The van der Waals surface area contributed by atoms with Crippen molar-refractivity contribution in [3.8, 4) is 17.0 Å². The summed E-state index contributed by atoms with van der Waals surface area (Å²) in [4.78, 5) is 27.8. The van der Waals surface area contributed by atoms with E-state index < -0.39 is 0 Å². The summed E-state index contributed by atoms with van der Waals surface area (Å²) in [5.74, 6) is 1.37. The quantitative estimate of drug-likeness (QED) is 0.551. The van der Waals surface area contributed by atoms with Gasteiger partial charge >= 0.3 is 0 Å². The lowest BCUT2D eigenvalue weighted by Crippen LogP contribution is -2.44. The van der Waals surface area contributed by atoms with Crippen LogP contribution in [0.15, 0.2) is 61.4 Å². The fourth-order valence-corrected chi connectivity index (χ4v) is 4.05. The van der Waals surface area contributed by atoms with Gasteiger partial charge in [-0.05, 0) is 37.1 Å². The van der Waals surface area contributed by atoms with Crippen molar-refractivity contribution in [1.82, 2.24) is 19.9 Å². The number of pyridine rings is 1. The molecule has 0 radical (unpaired) electrons. The van der Waals surface area contributed by atoms with Crippen molar-refractivity contribution >= 4 is 17.4 Å². The van der Waals surface area contributed by atoms with Gasteiger partial charge in [0.2, 0.25) is 5.91 Å². The molecule has 1 N–H and O–H groups in total. The van der Waals surface area contributed by atoms with Crippen LogP contribution in [0.4, 0.5) is 15.9 Å². The van der Waals surface area contributed by atoms with Crippen molar-refractivity contribution in [2.24, 2.45) is 0 Å². The third-order valence-corrected chi connectivity index (χ3v) is 5.76. The Labute approximate surface area is 192 Å². The molecule has 0 spiro atoms. The molecule has 1 aliphatic heterocycles. The summed E-state index contributed by atoms with van der Waals surface area (Å²) in [7, 11) is 1.58. The van der Waals surface area contributed by atoms with Crippen LogP contribution in [0, 0.1) is 5.82 Å². The van der Waals surface area contributed by atoms with E-state index in [0.717, 1.165) is 18.4 Å². The molecule has 1 saturated heterocycles. The van der Waals surface area contributed by atoms with Crippen LogP contribution in [-0.2, 0) is 4.79 Å². The molecular formula is C25H26FN5O2. The van der Waals surface area contributed by atoms with Gasteiger partial charge in [-0.25, -0.2) is 14.4 Å². The Morgan fingerprint density at radius 3 is 2.82 bits per heavy atom. The molecule has 8 heteroatoms. The lowest BCUT2D eigenvalue weighted by atomic mass is 9.91. The van der Waals surface area contributed by atoms with Gasteiger partial charge in [0.15, 0.2) is 0 Å². The predicted molar refractivity (Wildman–Crippen MR) is 125 cm³/mol. The predicted octanol–water partition coefficient (Wildman–Crippen LogP) is 4.71. The van der Waals surface area contributed by atoms with E-state index in [0.29, 0.717) is 35.3 Å². The molecule has 33 heavy (non-hydrogen) atoms. The summed E-state index contributed by atoms with van der Waals surface area (Å²) >= 11 is 0. The fourth-order valence-electron chi connectivity index (χ4n) is 4.05. The first-order chi connectivity index (χ1) is 16.0. The minimum atomic E-state index is -0.341. The van der Waals surface area contributed by atoms with Crippen molar-refractivity contribution in [1.29, 1.82) is 0 Å². The largest absolute Gasteiger partial charge is 0.495 e. The number of methoxy groups -OCH3 is 1. The van der Waals surface area contributed by atoms with Crippen LogP contribution < -0.4 is 10.1 Å². The topological polar surface area (TPSA) is 80.2 Å². The van der Waals surface area contributed by atoms with Crippen molar-refractivity contribution < 1.29 is 13.9 Å². The normalized spacial score (nSPS) is 18.0. The van der Waals surface area contributed by atoms with Crippen molar-refractivity contribution in [2.75, 3.05) is 19.0 Å². The van der Waals surface area contributed by atoms with Gasteiger partial charge in [0.25, 0.3) is 0 Å². The summed E-state index contributed by atoms with van der Waals surface area (Å²) in [6.07, 6.45) is 6.75. The van der Waals surface area contributed by atoms with Gasteiger partial charge in [0, 0.05) is 48.9 Å². The number of amides is 1. The summed E-state index contributed by atoms with van der Waals surface area (Å²) in [6, 6.07) is 9.84. The van der Waals surface area contributed by atoms with Gasteiger partial charge in [-0.3, -0.25) is 9.78 Å². The molecule has 2 aromatic heterocycles. The number of piperidine rings is 1. The molecule has 3 heterocycles. The number of aromatic nitrogens is 3. The molecule has 0 saturated carbocycles. The van der Waals surface area contributed by atoms with Crippen molar-refractivity contribution in [2.45, 2.75) is 31.7 Å². The van der Waals surface area contributed by atoms with Crippen molar-refractivity contribution in [3.63, 3.8) is 0 Å². The average molecular weight is 448 g/mol. The van der Waals surface area contributed by atoms with Crippen molar-refractivity contribution in [3.05, 3.63) is 73.1 Å². The molecule has 1 amide bonds. The second-order valence-electron chi connectivity index (χ2n) is 7.99. The number of hydrogen-bond acceptors (Lipinski definition) is 6. The average Bonchev–Trinajstić information content (AvgIpc) is 2.83. The Morgan fingerprint density at radius 1 is 1.24 bits per heavy atom. The maximum absolute atomic E-state index is 13.7. The Hall–Kier alpha value is -3.81. The standard InChI is InChI=1S/C25H26FN5O2/c1-4-21-9-8-17(15-31(21)16(2)32)25-29-23(18-10-22(33-3)14-27-13-18)12-24(30-25)28-20-7-5-6-19(26)11-20/h4-7,10-14,17,21H,1,8-9,15H2,2-3H3,(H,28,29,30)/t17-,21+/m1/s1. The molecule has 7 nitrogen and oxygen atoms in total. The van der Waals surface area contributed by atoms with E-state index in [1.165, 1.54) is 12.1 Å². The first-order valence-electron chi connectivity index (χ1n) is 10.8. The third kappa shape index (κ3) is 5.16. The smallest absolute Gasteiger partial charge is 0.219 e. The highest BCUT2D eigenvalue weighted by molar-refractivity contribution is 5.74. The lowest BCUT2D eigenvalue weighted by molar-refractivity contribution is -0.131. The zero-order valence-corrected chi connectivity index (χ0v) is 18.7. The van der Waals surface area contributed by atoms with E-state index in [1.807, 2.05) is 17.0 Å². The van der Waals surface area contributed by atoms with Crippen LogP contribution in [0.2, 0.25) is 0 Å². The molecule has 0 unspecified atom stereocenters. The fraction of sp³-hybridized carbons (Fsp3) is 0.280. The zero-order chi connectivity index (χ0) is 23.4. The molecule has 1 aliphatic rings. The van der Waals surface area contributed by atoms with E-state index in [-0.39, 0.29) is 23.7 Å². The van der Waals surface area contributed by atoms with Crippen LogP contribution in [0.3, 0.4) is 0 Å². The Morgan fingerprint density at radius 2 is 2.09 bits per heavy atom. The van der Waals surface area contributed by atoms with E-state index in [2.05, 4.69) is 16.9 Å². The number of likely N-dealkylation sites (tertiary alicyclic amines) is 1. The number of halogens is 1. The summed E-state index contributed by atoms with van der Waals surface area (Å²) in [5, 5.41) is 3.18. The van der Waals surface area contributed by atoms with Crippen LogP contribution >= 0.6 is 0 Å². The molecule has 0 aliphatic carbocycles. The second-order valence-corrected chi connectivity index (χ2v) is 7.99. The molecule has 170 valence electrons. The zero-order valence-electron chi connectivity index (χ0n) is 18.7. The molecule has 3 aromatic rings. The molecule has 1 aromatic carbocycles. The van der Waals surface area contributed by atoms with E-state index in [4.69, 9.17) is 14.7 Å². The van der Waals surface area contributed by atoms with Crippen LogP contribution in [-0.4, -0.2) is 45.5 Å². The van der Waals surface area contributed by atoms with Gasteiger partial charge < -0.3 is 15.0 Å². The number of nitrogens with one attached hydrogen (secondary N) is 1. The maximum Gasteiger partial charge on any atom is 0.219 e. The van der Waals surface area contributed by atoms with Gasteiger partial charge in [0.05, 0.1) is 19.0 Å². The molecule has 1 fully saturated rings. The summed E-state index contributed by atoms with van der Waals surface area (Å²) in [5.41, 5.74) is 2.00. The number of nitrogens with zero attached hydrogens (tertiary/aromatic N) is 4. The minimum Gasteiger partial charge on any atom is -0.495 e. The van der Waals surface area contributed by atoms with Gasteiger partial charge in [-0.1, -0.05) is 12.1 Å². The first kappa shape index (κ1) is 22.4. The summed E-state index contributed by atoms with van der Waals surface area (Å²) < 4.78 is 19.0. The number of carbonyl (C=O) groups excluding carboxylic acids is 1. The Balaban J connectivity index is 1.74. The van der Waals surface area contributed by atoms with Gasteiger partial charge in [0.1, 0.15) is 23.2 Å². The molecule has 2 atom stereocenters. The number of carbonyl (C=O) groups is 1. The number of anilines is 2. The highest BCUT2D eigenvalue weighted by Gasteiger charge is 2.31. The molecule has 4 rings (SSSR count). The highest BCUT2D eigenvalue weighted by Crippen LogP contribution is 2.32. The van der Waals surface area contributed by atoms with Crippen LogP contribution in [0.5, 0.6) is 5.75 Å². The molecular weight excluding hydrogens is 421 g/mol. The number of benzene rings is 1. The number of hydrogen-bond donors (Lipinski definition) is 1. The van der Waals surface area contributed by atoms with Crippen LogP contribution in [0.25, 0.3) is 11.3 Å².